The minimum absolute atomic E-state index is 0.0638. The van der Waals surface area contributed by atoms with Gasteiger partial charge in [0.2, 0.25) is 18.2 Å². The third-order valence-electron chi connectivity index (χ3n) is 10.0. The largest absolute Gasteiger partial charge is 0.341 e. The first-order valence-corrected chi connectivity index (χ1v) is 16.9. The second-order valence-corrected chi connectivity index (χ2v) is 13.3. The normalized spacial score (nSPS) is 20.4. The Kier molecular flexibility index (Phi) is 10.9. The standard InChI is InChI=1S/C34H47F2N7O4/c1-4-43-28(13-16-37-43)42(22-44)30(24-9-7-5-6-8-10-24)31(45)38-27-12-11-25(21-26(27)35)23(2)29(39-33(47)34(36)14-15-34)32(46)41-19-17-40(3)18-20-41/h11-13,16,21-24,29-30H,4-10,14-15,17-20H2,1-3H3,(H,38,45)(H,39,47)/t23-,29+,30-/m0/s1. The number of aryl methyl sites for hydroxylation is 1. The lowest BCUT2D eigenvalue weighted by molar-refractivity contribution is -0.140. The van der Waals surface area contributed by atoms with Crippen LogP contribution in [0.5, 0.6) is 0 Å². The zero-order valence-corrected chi connectivity index (χ0v) is 27.6. The van der Waals surface area contributed by atoms with Gasteiger partial charge in [0.25, 0.3) is 5.91 Å². The van der Waals surface area contributed by atoms with Crippen LogP contribution in [-0.2, 0) is 25.7 Å². The number of carbonyl (C=O) groups is 4. The van der Waals surface area contributed by atoms with Crippen molar-refractivity contribution in [3.8, 4) is 0 Å². The fourth-order valence-corrected chi connectivity index (χ4v) is 6.79. The van der Waals surface area contributed by atoms with E-state index in [1.54, 1.807) is 34.8 Å². The molecule has 11 nitrogen and oxygen atoms in total. The summed E-state index contributed by atoms with van der Waals surface area (Å²) >= 11 is 0. The molecule has 0 unspecified atom stereocenters. The molecule has 2 N–H and O–H groups in total. The number of hydrogen-bond donors (Lipinski definition) is 2. The van der Waals surface area contributed by atoms with E-state index in [-0.39, 0.29) is 30.4 Å². The van der Waals surface area contributed by atoms with Gasteiger partial charge in [0.15, 0.2) is 5.67 Å². The molecule has 2 heterocycles. The summed E-state index contributed by atoms with van der Waals surface area (Å²) < 4.78 is 32.1. The molecule has 0 bridgehead atoms. The van der Waals surface area contributed by atoms with Crippen LogP contribution in [0.2, 0.25) is 0 Å². The number of anilines is 2. The summed E-state index contributed by atoms with van der Waals surface area (Å²) in [6.45, 7) is 6.37. The minimum atomic E-state index is -1.97. The van der Waals surface area contributed by atoms with Crippen LogP contribution in [0.15, 0.2) is 30.5 Å². The van der Waals surface area contributed by atoms with Gasteiger partial charge in [0, 0.05) is 44.7 Å². The molecule has 3 atom stereocenters. The predicted octanol–water partition coefficient (Wildman–Crippen LogP) is 3.85. The molecule has 13 heteroatoms. The van der Waals surface area contributed by atoms with Crippen LogP contribution in [0.25, 0.3) is 0 Å². The number of alkyl halides is 1. The maximum atomic E-state index is 15.8. The van der Waals surface area contributed by atoms with Crippen molar-refractivity contribution in [3.63, 3.8) is 0 Å². The number of nitrogens with one attached hydrogen (secondary N) is 2. The van der Waals surface area contributed by atoms with Crippen LogP contribution < -0.4 is 15.5 Å². The zero-order valence-electron chi connectivity index (χ0n) is 27.6. The Labute approximate surface area is 275 Å². The Balaban J connectivity index is 1.38. The summed E-state index contributed by atoms with van der Waals surface area (Å²) in [5.74, 6) is -2.70. The van der Waals surface area contributed by atoms with E-state index < -0.39 is 41.3 Å². The number of likely N-dealkylation sites (N-methyl/N-ethyl adjacent to an activating group) is 1. The lowest BCUT2D eigenvalue weighted by atomic mass is 9.89. The fraction of sp³-hybridized carbons (Fsp3) is 0.618. The summed E-state index contributed by atoms with van der Waals surface area (Å²) in [6.07, 6.45) is 7.94. The van der Waals surface area contributed by atoms with Crippen LogP contribution in [0.3, 0.4) is 0 Å². The third kappa shape index (κ3) is 7.82. The minimum Gasteiger partial charge on any atom is -0.341 e. The van der Waals surface area contributed by atoms with E-state index in [0.717, 1.165) is 38.5 Å². The van der Waals surface area contributed by atoms with Crippen molar-refractivity contribution >= 4 is 35.6 Å². The number of nitrogens with zero attached hydrogens (tertiary/aromatic N) is 5. The van der Waals surface area contributed by atoms with Gasteiger partial charge in [-0.2, -0.15) is 5.10 Å². The molecule has 1 aliphatic heterocycles. The van der Waals surface area contributed by atoms with Crippen molar-refractivity contribution in [3.05, 3.63) is 41.8 Å². The molecule has 0 spiro atoms. The van der Waals surface area contributed by atoms with Gasteiger partial charge in [0.1, 0.15) is 23.7 Å². The van der Waals surface area contributed by atoms with Crippen LogP contribution in [0.1, 0.15) is 76.7 Å². The first kappa shape index (κ1) is 34.5. The molecule has 2 aromatic rings. The van der Waals surface area contributed by atoms with Gasteiger partial charge >= 0.3 is 0 Å². The van der Waals surface area contributed by atoms with Crippen molar-refractivity contribution in [1.29, 1.82) is 0 Å². The molecule has 256 valence electrons. The molecule has 2 aliphatic carbocycles. The average molecular weight is 656 g/mol. The Morgan fingerprint density at radius 2 is 1.77 bits per heavy atom. The molecule has 47 heavy (non-hydrogen) atoms. The van der Waals surface area contributed by atoms with Gasteiger partial charge in [-0.3, -0.25) is 24.1 Å². The molecule has 1 saturated heterocycles. The van der Waals surface area contributed by atoms with Crippen molar-refractivity contribution in [2.45, 2.75) is 95.4 Å². The van der Waals surface area contributed by atoms with E-state index in [9.17, 15) is 23.6 Å². The highest BCUT2D eigenvalue weighted by Crippen LogP contribution is 2.40. The molecule has 0 radical (unpaired) electrons. The van der Waals surface area contributed by atoms with Crippen LogP contribution in [0, 0.1) is 11.7 Å². The van der Waals surface area contributed by atoms with Crippen molar-refractivity contribution in [2.75, 3.05) is 43.4 Å². The van der Waals surface area contributed by atoms with E-state index in [4.69, 9.17) is 0 Å². The molecule has 3 fully saturated rings. The van der Waals surface area contributed by atoms with E-state index >= 15 is 4.39 Å². The van der Waals surface area contributed by atoms with Crippen molar-refractivity contribution in [2.24, 2.45) is 5.92 Å². The summed E-state index contributed by atoms with van der Waals surface area (Å²) in [4.78, 5) is 58.1. The average Bonchev–Trinajstić information content (AvgIpc) is 3.74. The molecule has 4 amide bonds. The fourth-order valence-electron chi connectivity index (χ4n) is 6.79. The number of amides is 4. The van der Waals surface area contributed by atoms with Crippen molar-refractivity contribution < 1.29 is 28.0 Å². The van der Waals surface area contributed by atoms with Gasteiger partial charge in [-0.05, 0) is 63.3 Å². The number of hydrogen-bond acceptors (Lipinski definition) is 6. The van der Waals surface area contributed by atoms with E-state index in [1.807, 2.05) is 14.0 Å². The number of rotatable bonds is 12. The predicted molar refractivity (Wildman–Crippen MR) is 174 cm³/mol. The van der Waals surface area contributed by atoms with E-state index in [0.29, 0.717) is 50.5 Å². The van der Waals surface area contributed by atoms with Crippen LogP contribution in [-0.4, -0.2) is 94.7 Å². The third-order valence-corrected chi connectivity index (χ3v) is 10.0. The Hall–Kier alpha value is -3.87. The van der Waals surface area contributed by atoms with Gasteiger partial charge < -0.3 is 20.4 Å². The highest BCUT2D eigenvalue weighted by molar-refractivity contribution is 6.00. The lowest BCUT2D eigenvalue weighted by Crippen LogP contribution is -2.56. The second-order valence-electron chi connectivity index (χ2n) is 13.3. The van der Waals surface area contributed by atoms with Crippen molar-refractivity contribution in [1.82, 2.24) is 24.9 Å². The highest BCUT2D eigenvalue weighted by Gasteiger charge is 2.52. The van der Waals surface area contributed by atoms with Crippen LogP contribution in [0.4, 0.5) is 20.3 Å². The van der Waals surface area contributed by atoms with E-state index in [1.165, 1.54) is 17.0 Å². The molecule has 5 rings (SSSR count). The number of halogens is 2. The monoisotopic (exact) mass is 655 g/mol. The maximum Gasteiger partial charge on any atom is 0.258 e. The summed E-state index contributed by atoms with van der Waals surface area (Å²) in [7, 11) is 1.96. The smallest absolute Gasteiger partial charge is 0.258 e. The number of aromatic nitrogens is 2. The van der Waals surface area contributed by atoms with E-state index in [2.05, 4.69) is 20.6 Å². The first-order chi connectivity index (χ1) is 22.6. The second kappa shape index (κ2) is 14.9. The summed E-state index contributed by atoms with van der Waals surface area (Å²) in [5.41, 5.74) is -1.62. The van der Waals surface area contributed by atoms with Gasteiger partial charge in [-0.1, -0.05) is 38.7 Å². The first-order valence-electron chi connectivity index (χ1n) is 16.9. The van der Waals surface area contributed by atoms with Gasteiger partial charge in [-0.15, -0.1) is 0 Å². The van der Waals surface area contributed by atoms with Gasteiger partial charge in [-0.25, -0.2) is 13.5 Å². The van der Waals surface area contributed by atoms with Gasteiger partial charge in [0.05, 0.1) is 11.9 Å². The molecular weight excluding hydrogens is 608 g/mol. The number of carbonyl (C=O) groups excluding carboxylic acids is 4. The zero-order chi connectivity index (χ0) is 33.7. The lowest BCUT2D eigenvalue weighted by Gasteiger charge is -2.36. The molecule has 1 aromatic heterocycles. The molecular formula is C34H47F2N7O4. The Morgan fingerprint density at radius 3 is 2.36 bits per heavy atom. The number of piperazine rings is 1. The number of benzene rings is 1. The topological polar surface area (TPSA) is 120 Å². The molecule has 3 aliphatic rings. The highest BCUT2D eigenvalue weighted by atomic mass is 19.1. The quantitative estimate of drug-likeness (QED) is 0.265. The molecule has 2 saturated carbocycles. The Morgan fingerprint density at radius 1 is 1.09 bits per heavy atom. The SMILES string of the molecule is CCn1nccc1N(C=O)[C@H](C(=O)Nc1ccc([C@H](C)[C@@H](NC(=O)C2(F)CC2)C(=O)N2CCN(C)CC2)cc1F)C1CCCCCC1. The summed E-state index contributed by atoms with van der Waals surface area (Å²) in [5, 5.41) is 9.64. The molecule has 1 aromatic carbocycles. The summed E-state index contributed by atoms with van der Waals surface area (Å²) in [6, 6.07) is 4.00. The Bertz CT molecular complexity index is 1430. The maximum absolute atomic E-state index is 15.8. The van der Waals surface area contributed by atoms with Crippen LogP contribution >= 0.6 is 0 Å².